The molecule has 3 N–H and O–H groups in total. The molecule has 6 heteroatoms. The van der Waals surface area contributed by atoms with Crippen LogP contribution < -0.4 is 5.32 Å². The lowest BCUT2D eigenvalue weighted by atomic mass is 9.97. The van der Waals surface area contributed by atoms with E-state index in [2.05, 4.69) is 5.32 Å². The third kappa shape index (κ3) is 4.70. The minimum Gasteiger partial charge on any atom is -0.480 e. The molecule has 2 atom stereocenters. The van der Waals surface area contributed by atoms with E-state index in [0.717, 1.165) is 25.9 Å². The molecule has 0 spiro atoms. The van der Waals surface area contributed by atoms with Crippen LogP contribution in [0.3, 0.4) is 0 Å². The molecule has 1 heterocycles. The van der Waals surface area contributed by atoms with Gasteiger partial charge in [0.2, 0.25) is 0 Å². The smallest absolute Gasteiger partial charge is 0.320 e. The predicted molar refractivity (Wildman–Crippen MR) is 61.9 cm³/mol. The van der Waals surface area contributed by atoms with Gasteiger partial charge in [0.05, 0.1) is 6.54 Å². The van der Waals surface area contributed by atoms with Gasteiger partial charge in [-0.1, -0.05) is 0 Å². The highest BCUT2D eigenvalue weighted by molar-refractivity contribution is 5.72. The number of likely N-dealkylation sites (tertiary alicyclic amines) is 1. The van der Waals surface area contributed by atoms with Crippen LogP contribution in [0.2, 0.25) is 0 Å². The highest BCUT2D eigenvalue weighted by atomic mass is 16.4. The highest BCUT2D eigenvalue weighted by Crippen LogP contribution is 2.17. The van der Waals surface area contributed by atoms with Gasteiger partial charge in [-0.05, 0) is 38.8 Å². The van der Waals surface area contributed by atoms with Crippen molar-refractivity contribution in [3.8, 4) is 0 Å². The Morgan fingerprint density at radius 1 is 1.47 bits per heavy atom. The number of hydrogen-bond acceptors (Lipinski definition) is 4. The van der Waals surface area contributed by atoms with E-state index in [4.69, 9.17) is 10.2 Å². The molecule has 0 radical (unpaired) electrons. The van der Waals surface area contributed by atoms with E-state index >= 15 is 0 Å². The van der Waals surface area contributed by atoms with E-state index in [1.165, 1.54) is 0 Å². The second-order valence-electron chi connectivity index (χ2n) is 4.54. The monoisotopic (exact) mass is 244 g/mol. The summed E-state index contributed by atoms with van der Waals surface area (Å²) < 4.78 is 0. The zero-order valence-electron chi connectivity index (χ0n) is 10.1. The molecular formula is C11H20N2O4. The lowest BCUT2D eigenvalue weighted by Gasteiger charge is -2.35. The maximum absolute atomic E-state index is 10.9. The fraction of sp³-hybridized carbons (Fsp3) is 0.818. The van der Waals surface area contributed by atoms with Crippen LogP contribution in [0.5, 0.6) is 0 Å². The number of hydrogen-bond donors (Lipinski definition) is 3. The Balaban J connectivity index is 2.33. The predicted octanol–water partition coefficient (Wildman–Crippen LogP) is -0.154. The van der Waals surface area contributed by atoms with Crippen LogP contribution in [-0.4, -0.2) is 59.3 Å². The van der Waals surface area contributed by atoms with Crippen LogP contribution in [0.4, 0.5) is 0 Å². The summed E-state index contributed by atoms with van der Waals surface area (Å²) in [7, 11) is 0. The number of nitrogens with one attached hydrogen (secondary N) is 1. The first-order valence-corrected chi connectivity index (χ1v) is 5.90. The van der Waals surface area contributed by atoms with Crippen molar-refractivity contribution in [2.24, 2.45) is 5.92 Å². The molecule has 0 aromatic carbocycles. The molecule has 6 nitrogen and oxygen atoms in total. The molecule has 1 rings (SSSR count). The third-order valence-electron chi connectivity index (χ3n) is 3.16. The van der Waals surface area contributed by atoms with Crippen LogP contribution in [0.25, 0.3) is 0 Å². The molecule has 0 bridgehead atoms. The molecule has 2 unspecified atom stereocenters. The Morgan fingerprint density at radius 3 is 2.76 bits per heavy atom. The number of piperidine rings is 1. The van der Waals surface area contributed by atoms with Crippen molar-refractivity contribution in [2.45, 2.75) is 25.8 Å². The summed E-state index contributed by atoms with van der Waals surface area (Å²) in [6, 6.07) is -0.461. The van der Waals surface area contributed by atoms with Crippen molar-refractivity contribution in [1.82, 2.24) is 10.2 Å². The summed E-state index contributed by atoms with van der Waals surface area (Å²) in [5.74, 6) is -1.33. The Morgan fingerprint density at radius 2 is 2.18 bits per heavy atom. The summed E-state index contributed by atoms with van der Waals surface area (Å²) in [4.78, 5) is 23.2. The number of aliphatic carboxylic acids is 2. The molecule has 0 aliphatic carbocycles. The SMILES string of the molecule is CC(C(=O)O)N1CCCC(CNCC(=O)O)C1. The van der Waals surface area contributed by atoms with E-state index in [1.54, 1.807) is 6.92 Å². The van der Waals surface area contributed by atoms with Gasteiger partial charge in [0.25, 0.3) is 0 Å². The molecule has 1 saturated heterocycles. The van der Waals surface area contributed by atoms with Crippen molar-refractivity contribution >= 4 is 11.9 Å². The molecule has 98 valence electrons. The standard InChI is InChI=1S/C11H20N2O4/c1-8(11(16)17)13-4-2-3-9(7-13)5-12-6-10(14)15/h8-9,12H,2-7H2,1H3,(H,14,15)(H,16,17). The summed E-state index contributed by atoms with van der Waals surface area (Å²) >= 11 is 0. The number of nitrogens with zero attached hydrogens (tertiary/aromatic N) is 1. The minimum absolute atomic E-state index is 0.0367. The minimum atomic E-state index is -0.864. The lowest BCUT2D eigenvalue weighted by molar-refractivity contribution is -0.143. The normalized spacial score (nSPS) is 23.2. The van der Waals surface area contributed by atoms with Crippen LogP contribution in [-0.2, 0) is 9.59 Å². The van der Waals surface area contributed by atoms with E-state index in [1.807, 2.05) is 4.90 Å². The number of carboxylic acids is 2. The van der Waals surface area contributed by atoms with Crippen LogP contribution >= 0.6 is 0 Å². The fourth-order valence-corrected chi connectivity index (χ4v) is 2.16. The Labute approximate surface area is 101 Å². The Hall–Kier alpha value is -1.14. The van der Waals surface area contributed by atoms with E-state index in [9.17, 15) is 9.59 Å². The largest absolute Gasteiger partial charge is 0.480 e. The first-order chi connectivity index (χ1) is 8.00. The third-order valence-corrected chi connectivity index (χ3v) is 3.16. The number of rotatable bonds is 6. The van der Waals surface area contributed by atoms with Gasteiger partial charge in [-0.15, -0.1) is 0 Å². The van der Waals surface area contributed by atoms with Crippen molar-refractivity contribution < 1.29 is 19.8 Å². The molecule has 1 fully saturated rings. The first-order valence-electron chi connectivity index (χ1n) is 5.90. The highest BCUT2D eigenvalue weighted by Gasteiger charge is 2.26. The second kappa shape index (κ2) is 6.56. The van der Waals surface area contributed by atoms with Gasteiger partial charge in [-0.25, -0.2) is 0 Å². The molecule has 0 aromatic heterocycles. The average molecular weight is 244 g/mol. The molecule has 0 aromatic rings. The van der Waals surface area contributed by atoms with Crippen LogP contribution in [0.15, 0.2) is 0 Å². The van der Waals surface area contributed by atoms with Crippen LogP contribution in [0.1, 0.15) is 19.8 Å². The zero-order valence-corrected chi connectivity index (χ0v) is 10.1. The molecule has 1 aliphatic heterocycles. The Bertz CT molecular complexity index is 283. The quantitative estimate of drug-likeness (QED) is 0.602. The van der Waals surface area contributed by atoms with Gasteiger partial charge < -0.3 is 15.5 Å². The van der Waals surface area contributed by atoms with Gasteiger partial charge in [-0.2, -0.15) is 0 Å². The topological polar surface area (TPSA) is 89.9 Å². The lowest BCUT2D eigenvalue weighted by Crippen LogP contribution is -2.47. The summed E-state index contributed by atoms with van der Waals surface area (Å²) in [5, 5.41) is 20.3. The van der Waals surface area contributed by atoms with Gasteiger partial charge in [-0.3, -0.25) is 14.5 Å². The van der Waals surface area contributed by atoms with E-state index < -0.39 is 18.0 Å². The molecule has 0 amide bonds. The first kappa shape index (κ1) is 13.9. The van der Waals surface area contributed by atoms with Gasteiger partial charge in [0, 0.05) is 6.54 Å². The van der Waals surface area contributed by atoms with E-state index in [0.29, 0.717) is 12.5 Å². The fourth-order valence-electron chi connectivity index (χ4n) is 2.16. The Kier molecular flexibility index (Phi) is 5.37. The van der Waals surface area contributed by atoms with Crippen molar-refractivity contribution in [2.75, 3.05) is 26.2 Å². The summed E-state index contributed by atoms with van der Waals surface area (Å²) in [6.45, 7) is 3.82. The van der Waals surface area contributed by atoms with Crippen molar-refractivity contribution in [3.05, 3.63) is 0 Å². The van der Waals surface area contributed by atoms with Gasteiger partial charge in [0.1, 0.15) is 6.04 Å². The average Bonchev–Trinajstić information content (AvgIpc) is 2.28. The number of carboxylic acid groups (broad SMARTS) is 2. The molecule has 0 saturated carbocycles. The summed E-state index contributed by atoms with van der Waals surface area (Å²) in [5.41, 5.74) is 0. The van der Waals surface area contributed by atoms with Crippen LogP contribution in [0, 0.1) is 5.92 Å². The molecule has 17 heavy (non-hydrogen) atoms. The maximum Gasteiger partial charge on any atom is 0.320 e. The summed E-state index contributed by atoms with van der Waals surface area (Å²) in [6.07, 6.45) is 1.99. The molecule has 1 aliphatic rings. The second-order valence-corrected chi connectivity index (χ2v) is 4.54. The van der Waals surface area contributed by atoms with Gasteiger partial charge in [0.15, 0.2) is 0 Å². The maximum atomic E-state index is 10.9. The van der Waals surface area contributed by atoms with Crippen molar-refractivity contribution in [3.63, 3.8) is 0 Å². The van der Waals surface area contributed by atoms with E-state index in [-0.39, 0.29) is 6.54 Å². The zero-order chi connectivity index (χ0) is 12.8. The van der Waals surface area contributed by atoms with Crippen molar-refractivity contribution in [1.29, 1.82) is 0 Å². The van der Waals surface area contributed by atoms with Gasteiger partial charge >= 0.3 is 11.9 Å². The number of carbonyl (C=O) groups is 2. The molecular weight excluding hydrogens is 224 g/mol.